The molecule has 0 saturated carbocycles. The average molecular weight is 438 g/mol. The first-order chi connectivity index (χ1) is 15.1. The Bertz CT molecular complexity index is 1320. The first-order valence-corrected chi connectivity index (χ1v) is 9.61. The van der Waals surface area contributed by atoms with E-state index in [0.29, 0.717) is 17.0 Å². The minimum atomic E-state index is -1.18. The molecule has 32 heavy (non-hydrogen) atoms. The van der Waals surface area contributed by atoms with E-state index in [2.05, 4.69) is 10.1 Å². The van der Waals surface area contributed by atoms with Crippen LogP contribution in [0.5, 0.6) is 0 Å². The molecule has 3 heterocycles. The van der Waals surface area contributed by atoms with Crippen LogP contribution in [0.15, 0.2) is 40.4 Å². The minimum Gasteiger partial charge on any atom is -0.507 e. The van der Waals surface area contributed by atoms with Crippen LogP contribution in [0.3, 0.4) is 0 Å². The zero-order valence-electron chi connectivity index (χ0n) is 17.4. The lowest BCUT2D eigenvalue weighted by Crippen LogP contribution is -2.29. The van der Waals surface area contributed by atoms with Crippen LogP contribution in [0.1, 0.15) is 44.7 Å². The van der Waals surface area contributed by atoms with Crippen molar-refractivity contribution in [2.45, 2.75) is 26.8 Å². The number of anilines is 1. The number of nitrogens with zero attached hydrogens (tertiary/aromatic N) is 2. The largest absolute Gasteiger partial charge is 0.507 e. The summed E-state index contributed by atoms with van der Waals surface area (Å²) in [6.07, 6.45) is 0. The van der Waals surface area contributed by atoms with E-state index in [-0.39, 0.29) is 28.2 Å². The predicted molar refractivity (Wildman–Crippen MR) is 111 cm³/mol. The zero-order valence-corrected chi connectivity index (χ0v) is 17.4. The summed E-state index contributed by atoms with van der Waals surface area (Å²) in [5.74, 6) is -3.37. The number of aromatic nitrogens is 2. The number of halogens is 1. The van der Waals surface area contributed by atoms with Gasteiger partial charge >= 0.3 is 5.91 Å². The van der Waals surface area contributed by atoms with E-state index < -0.39 is 35.2 Å². The quantitative estimate of drug-likeness (QED) is 0.325. The summed E-state index contributed by atoms with van der Waals surface area (Å²) in [6, 6.07) is 5.61. The molecule has 164 valence electrons. The fraction of sp³-hybridized carbons (Fsp3) is 0.182. The molecule has 1 aliphatic rings. The van der Waals surface area contributed by atoms with E-state index in [1.807, 2.05) is 0 Å². The first kappa shape index (κ1) is 21.0. The van der Waals surface area contributed by atoms with Gasteiger partial charge < -0.3 is 20.3 Å². The van der Waals surface area contributed by atoms with Crippen LogP contribution in [-0.4, -0.2) is 32.8 Å². The second-order valence-electron chi connectivity index (χ2n) is 7.51. The van der Waals surface area contributed by atoms with Gasteiger partial charge in [-0.1, -0.05) is 17.3 Å². The number of carbonyl (C=O) groups is 3. The fourth-order valence-electron chi connectivity index (χ4n) is 4.01. The Hall–Kier alpha value is -4.21. The van der Waals surface area contributed by atoms with E-state index in [4.69, 9.17) is 10.3 Å². The smallest absolute Gasteiger partial charge is 0.301 e. The molecule has 0 spiro atoms. The van der Waals surface area contributed by atoms with Gasteiger partial charge in [-0.25, -0.2) is 4.39 Å². The van der Waals surface area contributed by atoms with Crippen LogP contribution in [-0.2, 0) is 9.59 Å². The number of Topliss-reactive ketones (excluding diaryl/α,β-unsaturated/α-hetero) is 1. The topological polar surface area (TPSA) is 143 Å². The van der Waals surface area contributed by atoms with Gasteiger partial charge in [0.15, 0.2) is 5.82 Å². The summed E-state index contributed by atoms with van der Waals surface area (Å²) >= 11 is 0. The van der Waals surface area contributed by atoms with Gasteiger partial charge in [0.05, 0.1) is 11.6 Å². The maximum atomic E-state index is 14.1. The molecule has 9 nitrogen and oxygen atoms in total. The number of benzene rings is 1. The molecule has 2 amide bonds. The maximum Gasteiger partial charge on any atom is 0.301 e. The molecule has 2 aromatic heterocycles. The molecule has 10 heteroatoms. The molecule has 0 radical (unpaired) electrons. The van der Waals surface area contributed by atoms with Gasteiger partial charge in [-0.15, -0.1) is 0 Å². The summed E-state index contributed by atoms with van der Waals surface area (Å²) in [4.78, 5) is 41.6. The van der Waals surface area contributed by atoms with Crippen molar-refractivity contribution in [2.24, 2.45) is 5.73 Å². The Kier molecular flexibility index (Phi) is 4.92. The molecular formula is C22H19FN4O5. The number of aliphatic hydroxyl groups is 1. The van der Waals surface area contributed by atoms with Crippen molar-refractivity contribution in [3.8, 4) is 0 Å². The van der Waals surface area contributed by atoms with Gasteiger partial charge in [0.1, 0.15) is 23.0 Å². The van der Waals surface area contributed by atoms with Crippen molar-refractivity contribution in [3.63, 3.8) is 0 Å². The maximum absolute atomic E-state index is 14.1. The predicted octanol–water partition coefficient (Wildman–Crippen LogP) is 2.79. The van der Waals surface area contributed by atoms with Crippen LogP contribution in [0.2, 0.25) is 0 Å². The molecule has 0 aliphatic carbocycles. The lowest BCUT2D eigenvalue weighted by Gasteiger charge is -2.23. The van der Waals surface area contributed by atoms with Crippen LogP contribution >= 0.6 is 0 Å². The third kappa shape index (κ3) is 3.16. The van der Waals surface area contributed by atoms with Crippen molar-refractivity contribution in [2.75, 3.05) is 4.90 Å². The molecule has 4 rings (SSSR count). The molecule has 1 aromatic carbocycles. The third-order valence-corrected chi connectivity index (χ3v) is 5.39. The van der Waals surface area contributed by atoms with E-state index in [1.54, 1.807) is 20.8 Å². The van der Waals surface area contributed by atoms with Crippen LogP contribution in [0.4, 0.5) is 10.2 Å². The summed E-state index contributed by atoms with van der Waals surface area (Å²) < 4.78 is 19.1. The van der Waals surface area contributed by atoms with E-state index in [1.165, 1.54) is 24.3 Å². The van der Waals surface area contributed by atoms with Gasteiger partial charge in [-0.2, -0.15) is 0 Å². The van der Waals surface area contributed by atoms with E-state index >= 15 is 0 Å². The minimum absolute atomic E-state index is 0.0400. The molecule has 0 bridgehead atoms. The SMILES string of the molecule is Cc1cc(N2C(=O)C(=O)/C(=C(/O)c3c(C)[nH]c(C(N)=O)c3C)C2c2cccc(F)c2)no1. The number of aryl methyl sites for hydroxylation is 2. The number of amides is 2. The molecule has 1 unspecified atom stereocenters. The van der Waals surface area contributed by atoms with Crippen molar-refractivity contribution in [3.05, 3.63) is 75.6 Å². The molecule has 4 N–H and O–H groups in total. The average Bonchev–Trinajstić information content (AvgIpc) is 3.36. The molecule has 1 saturated heterocycles. The molecule has 1 aliphatic heterocycles. The number of rotatable bonds is 4. The summed E-state index contributed by atoms with van der Waals surface area (Å²) in [5, 5.41) is 15.0. The number of nitrogens with two attached hydrogens (primary N) is 1. The number of aliphatic hydroxyl groups excluding tert-OH is 1. The highest BCUT2D eigenvalue weighted by atomic mass is 19.1. The number of hydrogen-bond acceptors (Lipinski definition) is 6. The van der Waals surface area contributed by atoms with Crippen LogP contribution < -0.4 is 10.6 Å². The molecule has 1 atom stereocenters. The Labute approximate surface area is 181 Å². The molecule has 3 aromatic rings. The van der Waals surface area contributed by atoms with Gasteiger partial charge in [0.2, 0.25) is 0 Å². The summed E-state index contributed by atoms with van der Waals surface area (Å²) in [5.41, 5.74) is 6.25. The number of primary amides is 1. The monoisotopic (exact) mass is 438 g/mol. The van der Waals surface area contributed by atoms with E-state index in [9.17, 15) is 23.9 Å². The Balaban J connectivity index is 2.00. The van der Waals surface area contributed by atoms with Crippen molar-refractivity contribution >= 4 is 29.2 Å². The van der Waals surface area contributed by atoms with Crippen molar-refractivity contribution in [1.29, 1.82) is 0 Å². The van der Waals surface area contributed by atoms with Crippen molar-refractivity contribution < 1.29 is 28.4 Å². The number of nitrogens with one attached hydrogen (secondary N) is 1. The van der Waals surface area contributed by atoms with Crippen LogP contribution in [0.25, 0.3) is 5.76 Å². The fourth-order valence-corrected chi connectivity index (χ4v) is 4.01. The molecular weight excluding hydrogens is 419 g/mol. The van der Waals surface area contributed by atoms with Crippen LogP contribution in [0, 0.1) is 26.6 Å². The number of hydrogen-bond donors (Lipinski definition) is 3. The lowest BCUT2D eigenvalue weighted by molar-refractivity contribution is -0.132. The van der Waals surface area contributed by atoms with Crippen molar-refractivity contribution in [1.82, 2.24) is 10.1 Å². The Morgan fingerprint density at radius 1 is 1.25 bits per heavy atom. The number of carbonyl (C=O) groups excluding carboxylic acids is 3. The summed E-state index contributed by atoms with van der Waals surface area (Å²) in [6.45, 7) is 4.75. The highest BCUT2D eigenvalue weighted by Crippen LogP contribution is 2.43. The number of aromatic amines is 1. The molecule has 1 fully saturated rings. The van der Waals surface area contributed by atoms with Gasteiger partial charge in [-0.3, -0.25) is 19.3 Å². The van der Waals surface area contributed by atoms with Gasteiger partial charge in [0.25, 0.3) is 11.7 Å². The summed E-state index contributed by atoms with van der Waals surface area (Å²) in [7, 11) is 0. The zero-order chi connectivity index (χ0) is 23.3. The van der Waals surface area contributed by atoms with Gasteiger partial charge in [-0.05, 0) is 44.0 Å². The third-order valence-electron chi connectivity index (χ3n) is 5.39. The lowest BCUT2D eigenvalue weighted by atomic mass is 9.94. The number of ketones is 1. The second kappa shape index (κ2) is 7.49. The Morgan fingerprint density at radius 3 is 2.53 bits per heavy atom. The highest BCUT2D eigenvalue weighted by Gasteiger charge is 2.48. The number of H-pyrrole nitrogens is 1. The first-order valence-electron chi connectivity index (χ1n) is 9.61. The standard InChI is InChI=1S/C22H19FN4O5/c1-9-7-14(26-32-9)27-18(12-5-4-6-13(23)8-12)16(20(29)22(27)31)19(28)15-10(2)17(21(24)30)25-11(15)3/h4-8,18,25,28H,1-3H3,(H2,24,30)/b19-16+. The van der Waals surface area contributed by atoms with Gasteiger partial charge in [0, 0.05) is 17.3 Å². The Morgan fingerprint density at radius 2 is 1.97 bits per heavy atom. The highest BCUT2D eigenvalue weighted by molar-refractivity contribution is 6.51. The second-order valence-corrected chi connectivity index (χ2v) is 7.51. The van der Waals surface area contributed by atoms with E-state index in [0.717, 1.165) is 11.0 Å². The normalized spacial score (nSPS) is 17.9.